The van der Waals surface area contributed by atoms with E-state index in [1.54, 1.807) is 13.2 Å². The molecule has 3 rings (SSSR count). The van der Waals surface area contributed by atoms with E-state index >= 15 is 0 Å². The van der Waals surface area contributed by atoms with Gasteiger partial charge >= 0.3 is 5.69 Å². The highest BCUT2D eigenvalue weighted by atomic mass is 32.2. The molecule has 0 bridgehead atoms. The first-order valence-electron chi connectivity index (χ1n) is 13.2. The van der Waals surface area contributed by atoms with E-state index in [0.29, 0.717) is 11.4 Å². The summed E-state index contributed by atoms with van der Waals surface area (Å²) in [5, 5.41) is 3.46. The van der Waals surface area contributed by atoms with Gasteiger partial charge in [0.15, 0.2) is 28.5 Å². The molecule has 4 atom stereocenters. The lowest BCUT2D eigenvalue weighted by molar-refractivity contribution is -0.0562. The van der Waals surface area contributed by atoms with Crippen LogP contribution in [0.15, 0.2) is 22.1 Å². The minimum absolute atomic E-state index is 0.00414. The van der Waals surface area contributed by atoms with Gasteiger partial charge in [0.2, 0.25) is 0 Å². The molecule has 39 heavy (non-hydrogen) atoms. The second-order valence-corrected chi connectivity index (χ2v) is 24.5. The number of ether oxygens (including phenoxy) is 1. The second-order valence-electron chi connectivity index (χ2n) is 13.5. The summed E-state index contributed by atoms with van der Waals surface area (Å²) in [4.78, 5) is 17.4. The van der Waals surface area contributed by atoms with Gasteiger partial charge in [-0.25, -0.2) is 8.98 Å². The molecule has 0 aliphatic carbocycles. The maximum Gasteiger partial charge on any atom is 0.351 e. The zero-order chi connectivity index (χ0) is 30.0. The molecule has 1 aromatic rings. The van der Waals surface area contributed by atoms with Crippen molar-refractivity contribution >= 4 is 32.6 Å². The Bertz CT molecular complexity index is 1300. The molecule has 3 heterocycles. The van der Waals surface area contributed by atoms with Crippen molar-refractivity contribution in [1.82, 2.24) is 9.55 Å². The quantitative estimate of drug-likeness (QED) is 0.349. The van der Waals surface area contributed by atoms with E-state index in [0.717, 1.165) is 5.41 Å². The first-order valence-corrected chi connectivity index (χ1v) is 20.5. The van der Waals surface area contributed by atoms with Crippen LogP contribution < -0.4 is 16.7 Å². The van der Waals surface area contributed by atoms with Crippen LogP contribution >= 0.6 is 0 Å². The minimum atomic E-state index is -4.15. The van der Waals surface area contributed by atoms with Crippen molar-refractivity contribution in [2.75, 3.05) is 19.0 Å². The molecule has 0 amide bonds. The number of rotatable bonds is 7. The minimum Gasteiger partial charge on any atom is -0.414 e. The van der Waals surface area contributed by atoms with Crippen LogP contribution in [0, 0.1) is 6.92 Å². The standard InChI is InChI=1S/C25H46N4O7SSi2/c1-16-13-29(22(30)28-20(16)27-8)21-19(35-39(11,12)24(5,6)7)25(17(26)15-37(31,32)36-25)18(34-21)14-33-38(9,10)23(2,3)4/h13,15,18-19,21H,14,26H2,1-12H3,(H,27,28,30)/t18-,19+,21-,25-/m1/s1. The zero-order valence-corrected chi connectivity index (χ0v) is 28.1. The molecule has 222 valence electrons. The van der Waals surface area contributed by atoms with Crippen molar-refractivity contribution in [3.63, 3.8) is 0 Å². The summed E-state index contributed by atoms with van der Waals surface area (Å²) < 4.78 is 52.8. The average Bonchev–Trinajstić information content (AvgIpc) is 3.18. The third kappa shape index (κ3) is 5.79. The van der Waals surface area contributed by atoms with Gasteiger partial charge in [0.05, 0.1) is 17.7 Å². The highest BCUT2D eigenvalue weighted by molar-refractivity contribution is 7.90. The Hall–Kier alpha value is -1.56. The highest BCUT2D eigenvalue weighted by Crippen LogP contribution is 2.52. The van der Waals surface area contributed by atoms with Gasteiger partial charge in [0.25, 0.3) is 10.1 Å². The van der Waals surface area contributed by atoms with Crippen LogP contribution in [0.2, 0.25) is 36.3 Å². The van der Waals surface area contributed by atoms with Crippen molar-refractivity contribution in [3.05, 3.63) is 33.3 Å². The van der Waals surface area contributed by atoms with E-state index in [2.05, 4.69) is 64.9 Å². The summed E-state index contributed by atoms with van der Waals surface area (Å²) in [5.41, 5.74) is 4.85. The van der Waals surface area contributed by atoms with Gasteiger partial charge in [-0.1, -0.05) is 41.5 Å². The summed E-state index contributed by atoms with van der Waals surface area (Å²) in [5.74, 6) is 0.433. The molecule has 0 radical (unpaired) electrons. The molecule has 2 aliphatic rings. The molecular weight excluding hydrogens is 557 g/mol. The SMILES string of the molecule is CNc1nc(=O)n([C@@H]2O[C@H](CO[Si](C)(C)C(C)(C)C)[C@@]3(OS(=O)(=O)C=C3N)[C@H]2O[Si](C)(C)C(C)(C)C)cc1C. The van der Waals surface area contributed by atoms with Gasteiger partial charge in [-0.05, 0) is 43.2 Å². The van der Waals surface area contributed by atoms with E-state index < -0.39 is 56.5 Å². The van der Waals surface area contributed by atoms with Crippen LogP contribution in [0.5, 0.6) is 0 Å². The maximum absolute atomic E-state index is 13.3. The Morgan fingerprint density at radius 2 is 1.69 bits per heavy atom. The number of anilines is 1. The topological polar surface area (TPSA) is 144 Å². The van der Waals surface area contributed by atoms with E-state index in [-0.39, 0.29) is 22.4 Å². The van der Waals surface area contributed by atoms with Crippen LogP contribution in [-0.2, 0) is 27.9 Å². The first kappa shape index (κ1) is 32.0. The Kier molecular flexibility index (Phi) is 8.25. The molecule has 1 fully saturated rings. The lowest BCUT2D eigenvalue weighted by Gasteiger charge is -2.43. The smallest absolute Gasteiger partial charge is 0.351 e. The summed E-state index contributed by atoms with van der Waals surface area (Å²) in [7, 11) is -7.37. The van der Waals surface area contributed by atoms with Crippen LogP contribution in [0.25, 0.3) is 0 Å². The fourth-order valence-corrected chi connectivity index (χ4v) is 7.72. The summed E-state index contributed by atoms with van der Waals surface area (Å²) in [6, 6.07) is 0. The molecule has 3 N–H and O–H groups in total. The molecule has 0 saturated carbocycles. The van der Waals surface area contributed by atoms with Crippen LogP contribution in [0.3, 0.4) is 0 Å². The summed E-state index contributed by atoms with van der Waals surface area (Å²) in [6.45, 7) is 22.6. The van der Waals surface area contributed by atoms with E-state index in [9.17, 15) is 13.2 Å². The molecule has 2 aliphatic heterocycles. The van der Waals surface area contributed by atoms with E-state index in [1.165, 1.54) is 4.57 Å². The van der Waals surface area contributed by atoms with Crippen molar-refractivity contribution in [2.45, 2.75) is 109 Å². The van der Waals surface area contributed by atoms with Crippen LogP contribution in [0.4, 0.5) is 5.82 Å². The van der Waals surface area contributed by atoms with Gasteiger partial charge in [0.1, 0.15) is 18.0 Å². The third-order valence-corrected chi connectivity index (χ3v) is 18.7. The molecular formula is C25H46N4O7SSi2. The third-order valence-electron chi connectivity index (χ3n) is 8.72. The normalized spacial score (nSPS) is 27.7. The highest BCUT2D eigenvalue weighted by Gasteiger charge is 2.67. The number of aryl methyl sites for hydroxylation is 1. The second kappa shape index (κ2) is 10.1. The molecule has 0 unspecified atom stereocenters. The maximum atomic E-state index is 13.3. The Labute approximate surface area is 234 Å². The van der Waals surface area contributed by atoms with Gasteiger partial charge in [0, 0.05) is 18.8 Å². The van der Waals surface area contributed by atoms with Gasteiger partial charge < -0.3 is 24.6 Å². The van der Waals surface area contributed by atoms with Gasteiger partial charge in [-0.15, -0.1) is 0 Å². The molecule has 1 aromatic heterocycles. The first-order chi connectivity index (χ1) is 17.5. The number of aromatic nitrogens is 2. The van der Waals surface area contributed by atoms with Crippen molar-refractivity contribution in [2.24, 2.45) is 5.73 Å². The van der Waals surface area contributed by atoms with Crippen molar-refractivity contribution in [1.29, 1.82) is 0 Å². The Morgan fingerprint density at radius 1 is 1.13 bits per heavy atom. The molecule has 14 heteroatoms. The number of nitrogens with two attached hydrogens (primary N) is 1. The van der Waals surface area contributed by atoms with E-state index in [1.807, 2.05) is 20.0 Å². The van der Waals surface area contributed by atoms with Gasteiger partial charge in [-0.3, -0.25) is 4.57 Å². The Morgan fingerprint density at radius 3 is 2.15 bits per heavy atom. The lowest BCUT2D eigenvalue weighted by Crippen LogP contribution is -2.59. The monoisotopic (exact) mass is 602 g/mol. The number of hydrogen-bond donors (Lipinski definition) is 2. The van der Waals surface area contributed by atoms with Gasteiger partial charge in [-0.2, -0.15) is 13.4 Å². The van der Waals surface area contributed by atoms with Crippen LogP contribution in [0.1, 0.15) is 53.3 Å². The molecule has 1 saturated heterocycles. The number of nitrogens with zero attached hydrogens (tertiary/aromatic N) is 2. The van der Waals surface area contributed by atoms with Crippen molar-refractivity contribution in [3.8, 4) is 0 Å². The molecule has 0 aromatic carbocycles. The average molecular weight is 603 g/mol. The zero-order valence-electron chi connectivity index (χ0n) is 25.3. The molecule has 11 nitrogen and oxygen atoms in total. The Balaban J connectivity index is 2.24. The summed E-state index contributed by atoms with van der Waals surface area (Å²) >= 11 is 0. The predicted molar refractivity (Wildman–Crippen MR) is 157 cm³/mol. The molecule has 1 spiro atoms. The number of nitrogens with one attached hydrogen (secondary N) is 1. The predicted octanol–water partition coefficient (Wildman–Crippen LogP) is 3.80. The van der Waals surface area contributed by atoms with Crippen molar-refractivity contribution < 1.29 is 26.2 Å². The fourth-order valence-electron chi connectivity index (χ4n) is 4.22. The fraction of sp³-hybridized carbons (Fsp3) is 0.760. The van der Waals surface area contributed by atoms with E-state index in [4.69, 9.17) is 23.5 Å². The number of hydrogen-bond acceptors (Lipinski definition) is 10. The van der Waals surface area contributed by atoms with Crippen LogP contribution in [-0.4, -0.2) is 66.1 Å². The largest absolute Gasteiger partial charge is 0.414 e. The lowest BCUT2D eigenvalue weighted by atomic mass is 9.89. The summed E-state index contributed by atoms with van der Waals surface area (Å²) in [6.07, 6.45) is -1.49.